The summed E-state index contributed by atoms with van der Waals surface area (Å²) in [6.45, 7) is 3.11. The van der Waals surface area contributed by atoms with Crippen molar-refractivity contribution in [2.75, 3.05) is 0 Å². The zero-order valence-corrected chi connectivity index (χ0v) is 12.2. The lowest BCUT2D eigenvalue weighted by Gasteiger charge is -2.12. The van der Waals surface area contributed by atoms with Crippen LogP contribution in [0, 0.1) is 0 Å². The SMILES string of the molecule is CC(=O)OC(C)CCc1ccc(S(=O)(=O)O)c(Cl)c1. The zero-order valence-electron chi connectivity index (χ0n) is 10.6. The number of hydrogen-bond donors (Lipinski definition) is 1. The van der Waals surface area contributed by atoms with Crippen LogP contribution in [0.1, 0.15) is 25.8 Å². The van der Waals surface area contributed by atoms with E-state index in [0.717, 1.165) is 5.56 Å². The standard InChI is InChI=1S/C12H15ClO5S/c1-8(18-9(2)14)3-4-10-5-6-12(11(13)7-10)19(15,16)17/h5-8H,3-4H2,1-2H3,(H,15,16,17). The number of aryl methyl sites for hydroxylation is 1. The van der Waals surface area contributed by atoms with Gasteiger partial charge in [0.15, 0.2) is 0 Å². The highest BCUT2D eigenvalue weighted by molar-refractivity contribution is 7.86. The van der Waals surface area contributed by atoms with Gasteiger partial charge >= 0.3 is 5.97 Å². The van der Waals surface area contributed by atoms with Gasteiger partial charge in [-0.25, -0.2) is 0 Å². The Bertz CT molecular complexity index is 567. The van der Waals surface area contributed by atoms with Gasteiger partial charge in [-0.3, -0.25) is 9.35 Å². The zero-order chi connectivity index (χ0) is 14.6. The minimum atomic E-state index is -4.30. The minimum Gasteiger partial charge on any atom is -0.463 e. The van der Waals surface area contributed by atoms with Gasteiger partial charge in [0.05, 0.1) is 11.1 Å². The van der Waals surface area contributed by atoms with Crippen molar-refractivity contribution in [2.45, 2.75) is 37.7 Å². The van der Waals surface area contributed by atoms with Crippen molar-refractivity contribution in [1.82, 2.24) is 0 Å². The molecule has 0 heterocycles. The molecule has 1 aromatic carbocycles. The van der Waals surface area contributed by atoms with E-state index < -0.39 is 10.1 Å². The molecule has 0 saturated carbocycles. The quantitative estimate of drug-likeness (QED) is 0.667. The van der Waals surface area contributed by atoms with E-state index in [2.05, 4.69) is 0 Å². The van der Waals surface area contributed by atoms with Crippen LogP contribution in [-0.2, 0) is 26.1 Å². The fourth-order valence-electron chi connectivity index (χ4n) is 1.62. The number of benzene rings is 1. The van der Waals surface area contributed by atoms with E-state index in [9.17, 15) is 13.2 Å². The first-order chi connectivity index (χ1) is 8.70. The maximum Gasteiger partial charge on any atom is 0.302 e. The summed E-state index contributed by atoms with van der Waals surface area (Å²) in [5.74, 6) is -0.341. The Balaban J connectivity index is 2.72. The smallest absolute Gasteiger partial charge is 0.302 e. The molecular weight excluding hydrogens is 292 g/mol. The number of halogens is 1. The molecule has 0 aliphatic carbocycles. The fourth-order valence-corrected chi connectivity index (χ4v) is 2.66. The molecule has 1 atom stereocenters. The van der Waals surface area contributed by atoms with Crippen molar-refractivity contribution >= 4 is 27.7 Å². The summed E-state index contributed by atoms with van der Waals surface area (Å²) in [4.78, 5) is 10.4. The first kappa shape index (κ1) is 15.9. The molecule has 1 rings (SSSR count). The van der Waals surface area contributed by atoms with Gasteiger partial charge in [-0.05, 0) is 37.5 Å². The van der Waals surface area contributed by atoms with Crippen molar-refractivity contribution in [3.05, 3.63) is 28.8 Å². The lowest BCUT2D eigenvalue weighted by Crippen LogP contribution is -2.13. The van der Waals surface area contributed by atoms with Crippen LogP contribution in [0.5, 0.6) is 0 Å². The lowest BCUT2D eigenvalue weighted by molar-refractivity contribution is -0.145. The highest BCUT2D eigenvalue weighted by Gasteiger charge is 2.15. The highest BCUT2D eigenvalue weighted by Crippen LogP contribution is 2.23. The van der Waals surface area contributed by atoms with E-state index in [0.29, 0.717) is 12.8 Å². The predicted molar refractivity (Wildman–Crippen MR) is 70.8 cm³/mol. The molecule has 0 amide bonds. The number of hydrogen-bond acceptors (Lipinski definition) is 4. The normalized spacial score (nSPS) is 13.1. The van der Waals surface area contributed by atoms with Crippen LogP contribution in [0.2, 0.25) is 5.02 Å². The topological polar surface area (TPSA) is 80.7 Å². The third-order valence-corrected chi connectivity index (χ3v) is 3.82. The molecule has 7 heteroatoms. The summed E-state index contributed by atoms with van der Waals surface area (Å²) in [5.41, 5.74) is 0.802. The molecule has 0 saturated heterocycles. The molecular formula is C12H15ClO5S. The van der Waals surface area contributed by atoms with Crippen LogP contribution in [-0.4, -0.2) is 25.0 Å². The number of carbonyl (C=O) groups excluding carboxylic acids is 1. The Hall–Kier alpha value is -1.11. The van der Waals surface area contributed by atoms with E-state index in [4.69, 9.17) is 20.9 Å². The van der Waals surface area contributed by atoms with Crippen molar-refractivity contribution in [2.24, 2.45) is 0 Å². The van der Waals surface area contributed by atoms with Gasteiger partial charge < -0.3 is 4.74 Å². The summed E-state index contributed by atoms with van der Waals surface area (Å²) in [6.07, 6.45) is 0.957. The van der Waals surface area contributed by atoms with E-state index >= 15 is 0 Å². The van der Waals surface area contributed by atoms with E-state index in [1.165, 1.54) is 19.1 Å². The molecule has 0 fully saturated rings. The van der Waals surface area contributed by atoms with E-state index in [1.807, 2.05) is 0 Å². The summed E-state index contributed by atoms with van der Waals surface area (Å²) in [5, 5.41) is -0.0276. The van der Waals surface area contributed by atoms with Crippen molar-refractivity contribution in [3.63, 3.8) is 0 Å². The molecule has 5 nitrogen and oxygen atoms in total. The fraction of sp³-hybridized carbons (Fsp3) is 0.417. The Morgan fingerprint density at radius 1 is 1.47 bits per heavy atom. The van der Waals surface area contributed by atoms with Crippen LogP contribution >= 0.6 is 11.6 Å². The molecule has 1 aromatic rings. The van der Waals surface area contributed by atoms with Gasteiger partial charge in [0.2, 0.25) is 0 Å². The summed E-state index contributed by atoms with van der Waals surface area (Å²) >= 11 is 5.79. The van der Waals surface area contributed by atoms with Gasteiger partial charge in [0, 0.05) is 6.92 Å². The lowest BCUT2D eigenvalue weighted by atomic mass is 10.1. The second-order valence-corrected chi connectivity index (χ2v) is 6.00. The predicted octanol–water partition coefficient (Wildman–Crippen LogP) is 2.47. The summed E-state index contributed by atoms with van der Waals surface area (Å²) in [6, 6.07) is 4.30. The van der Waals surface area contributed by atoms with Gasteiger partial charge in [-0.1, -0.05) is 17.7 Å². The van der Waals surface area contributed by atoms with Crippen molar-refractivity contribution in [3.8, 4) is 0 Å². The monoisotopic (exact) mass is 306 g/mol. The van der Waals surface area contributed by atoms with Gasteiger partial charge in [-0.15, -0.1) is 0 Å². The van der Waals surface area contributed by atoms with Crippen LogP contribution < -0.4 is 0 Å². The molecule has 0 aliphatic heterocycles. The second kappa shape index (κ2) is 6.36. The third kappa shape index (κ3) is 5.18. The van der Waals surface area contributed by atoms with Crippen LogP contribution in [0.4, 0.5) is 0 Å². The van der Waals surface area contributed by atoms with Gasteiger partial charge in [0.25, 0.3) is 10.1 Å². The van der Waals surface area contributed by atoms with Crippen LogP contribution in [0.3, 0.4) is 0 Å². The average molecular weight is 307 g/mol. The Labute approximate surface area is 117 Å². The molecule has 0 radical (unpaired) electrons. The number of esters is 1. The highest BCUT2D eigenvalue weighted by atomic mass is 35.5. The Morgan fingerprint density at radius 3 is 2.58 bits per heavy atom. The van der Waals surface area contributed by atoms with Crippen molar-refractivity contribution in [1.29, 1.82) is 0 Å². The first-order valence-corrected chi connectivity index (χ1v) is 7.45. The average Bonchev–Trinajstić information content (AvgIpc) is 2.23. The molecule has 0 bridgehead atoms. The first-order valence-electron chi connectivity index (χ1n) is 5.63. The van der Waals surface area contributed by atoms with Crippen LogP contribution in [0.25, 0.3) is 0 Å². The molecule has 0 aromatic heterocycles. The Morgan fingerprint density at radius 2 is 2.11 bits per heavy atom. The molecule has 1 unspecified atom stereocenters. The summed E-state index contributed by atoms with van der Waals surface area (Å²) < 4.78 is 35.8. The maximum atomic E-state index is 11.0. The number of rotatable bonds is 5. The Kier molecular flexibility index (Phi) is 5.34. The molecule has 106 valence electrons. The van der Waals surface area contributed by atoms with Crippen molar-refractivity contribution < 1.29 is 22.5 Å². The molecule has 0 aliphatic rings. The number of ether oxygens (including phenoxy) is 1. The second-order valence-electron chi connectivity index (χ2n) is 4.20. The third-order valence-electron chi connectivity index (χ3n) is 2.48. The molecule has 0 spiro atoms. The van der Waals surface area contributed by atoms with Gasteiger partial charge in [0.1, 0.15) is 4.90 Å². The minimum absolute atomic E-state index is 0.0276. The largest absolute Gasteiger partial charge is 0.463 e. The molecule has 19 heavy (non-hydrogen) atoms. The van der Waals surface area contributed by atoms with Crippen LogP contribution in [0.15, 0.2) is 23.1 Å². The van der Waals surface area contributed by atoms with E-state index in [1.54, 1.807) is 13.0 Å². The van der Waals surface area contributed by atoms with E-state index in [-0.39, 0.29) is 22.0 Å². The number of carbonyl (C=O) groups is 1. The summed E-state index contributed by atoms with van der Waals surface area (Å²) in [7, 11) is -4.30. The maximum absolute atomic E-state index is 11.0. The van der Waals surface area contributed by atoms with Gasteiger partial charge in [-0.2, -0.15) is 8.42 Å². The molecule has 1 N–H and O–H groups in total.